The van der Waals surface area contributed by atoms with Crippen LogP contribution < -0.4 is 20.1 Å². The molecule has 0 bridgehead atoms. The molecule has 4 heteroatoms. The molecule has 1 saturated heterocycles. The Morgan fingerprint density at radius 3 is 3.22 bits per heavy atom. The predicted molar refractivity (Wildman–Crippen MR) is 69.8 cm³/mol. The van der Waals surface area contributed by atoms with Crippen molar-refractivity contribution in [2.24, 2.45) is 5.92 Å². The summed E-state index contributed by atoms with van der Waals surface area (Å²) in [6.07, 6.45) is 1.19. The molecule has 1 fully saturated rings. The molecule has 2 aliphatic rings. The summed E-state index contributed by atoms with van der Waals surface area (Å²) in [5, 5.41) is 7.06. The van der Waals surface area contributed by atoms with Gasteiger partial charge in [-0.15, -0.1) is 0 Å². The quantitative estimate of drug-likeness (QED) is 0.851. The predicted octanol–water partition coefficient (Wildman–Crippen LogP) is 1.50. The second kappa shape index (κ2) is 5.16. The summed E-state index contributed by atoms with van der Waals surface area (Å²) < 4.78 is 10.9. The first-order valence-corrected chi connectivity index (χ1v) is 6.66. The van der Waals surface area contributed by atoms with Crippen LogP contribution in [-0.4, -0.2) is 25.9 Å². The summed E-state index contributed by atoms with van der Waals surface area (Å²) in [6, 6.07) is 6.67. The van der Waals surface area contributed by atoms with Crippen molar-refractivity contribution in [3.05, 3.63) is 23.8 Å². The third-order valence-electron chi connectivity index (χ3n) is 3.82. The van der Waals surface area contributed by atoms with Gasteiger partial charge in [0.2, 0.25) is 6.79 Å². The van der Waals surface area contributed by atoms with Crippen molar-refractivity contribution in [3.8, 4) is 11.5 Å². The largest absolute Gasteiger partial charge is 0.454 e. The molecule has 3 rings (SSSR count). The Labute approximate surface area is 108 Å². The first-order chi connectivity index (χ1) is 8.84. The number of rotatable bonds is 3. The Balaban J connectivity index is 1.65. The molecular weight excluding hydrogens is 228 g/mol. The molecule has 0 aliphatic carbocycles. The summed E-state index contributed by atoms with van der Waals surface area (Å²) in [5.74, 6) is 2.45. The summed E-state index contributed by atoms with van der Waals surface area (Å²) in [5.41, 5.74) is 1.19. The lowest BCUT2D eigenvalue weighted by Gasteiger charge is -2.30. The van der Waals surface area contributed by atoms with E-state index in [1.54, 1.807) is 0 Å². The number of hydrogen-bond donors (Lipinski definition) is 2. The third-order valence-corrected chi connectivity index (χ3v) is 3.82. The van der Waals surface area contributed by atoms with Crippen LogP contribution in [0.1, 0.15) is 18.9 Å². The van der Waals surface area contributed by atoms with E-state index in [9.17, 15) is 0 Å². The van der Waals surface area contributed by atoms with Gasteiger partial charge in [-0.1, -0.05) is 19.1 Å². The highest BCUT2D eigenvalue weighted by Gasteiger charge is 2.22. The van der Waals surface area contributed by atoms with Gasteiger partial charge < -0.3 is 20.1 Å². The smallest absolute Gasteiger partial charge is 0.231 e. The van der Waals surface area contributed by atoms with Crippen molar-refractivity contribution in [2.45, 2.75) is 25.9 Å². The van der Waals surface area contributed by atoms with E-state index in [4.69, 9.17) is 9.47 Å². The van der Waals surface area contributed by atoms with Crippen molar-refractivity contribution >= 4 is 0 Å². The monoisotopic (exact) mass is 248 g/mol. The number of benzene rings is 1. The normalized spacial score (nSPS) is 26.3. The van der Waals surface area contributed by atoms with E-state index in [1.807, 2.05) is 12.1 Å². The Bertz CT molecular complexity index is 422. The lowest BCUT2D eigenvalue weighted by Crippen LogP contribution is -2.46. The second-order valence-electron chi connectivity index (χ2n) is 5.11. The maximum atomic E-state index is 5.52. The van der Waals surface area contributed by atoms with Crippen molar-refractivity contribution in [3.63, 3.8) is 0 Å². The van der Waals surface area contributed by atoms with Gasteiger partial charge >= 0.3 is 0 Å². The van der Waals surface area contributed by atoms with E-state index in [2.05, 4.69) is 23.6 Å². The number of nitrogens with one attached hydrogen (secondary N) is 2. The summed E-state index contributed by atoms with van der Waals surface area (Å²) >= 11 is 0. The maximum absolute atomic E-state index is 5.52. The first-order valence-electron chi connectivity index (χ1n) is 6.66. The van der Waals surface area contributed by atoms with Gasteiger partial charge in [-0.3, -0.25) is 0 Å². The molecule has 0 saturated carbocycles. The standard InChI is InChI=1S/C14H20N2O2/c1-10-7-15-6-5-12(10)16-8-11-3-2-4-13-14(11)18-9-17-13/h2-4,10,12,15-16H,5-9H2,1H3. The van der Waals surface area contributed by atoms with Crippen LogP contribution in [0.3, 0.4) is 0 Å². The highest BCUT2D eigenvalue weighted by atomic mass is 16.7. The van der Waals surface area contributed by atoms with E-state index in [1.165, 1.54) is 12.0 Å². The molecule has 2 aliphatic heterocycles. The van der Waals surface area contributed by atoms with Gasteiger partial charge in [0.05, 0.1) is 0 Å². The van der Waals surface area contributed by atoms with Crippen LogP contribution >= 0.6 is 0 Å². The molecule has 2 atom stereocenters. The lowest BCUT2D eigenvalue weighted by atomic mass is 9.95. The zero-order valence-electron chi connectivity index (χ0n) is 10.7. The van der Waals surface area contributed by atoms with Crippen LogP contribution in [0.5, 0.6) is 11.5 Å². The minimum Gasteiger partial charge on any atom is -0.454 e. The molecule has 2 heterocycles. The molecule has 98 valence electrons. The van der Waals surface area contributed by atoms with Gasteiger partial charge in [0.1, 0.15) is 0 Å². The fourth-order valence-electron chi connectivity index (χ4n) is 2.69. The average Bonchev–Trinajstić information content (AvgIpc) is 2.86. The average molecular weight is 248 g/mol. The molecule has 0 spiro atoms. The fourth-order valence-corrected chi connectivity index (χ4v) is 2.69. The van der Waals surface area contributed by atoms with Crippen LogP contribution in [0.4, 0.5) is 0 Å². The molecule has 1 aromatic carbocycles. The van der Waals surface area contributed by atoms with Gasteiger partial charge in [0.25, 0.3) is 0 Å². The topological polar surface area (TPSA) is 42.5 Å². The van der Waals surface area contributed by atoms with E-state index >= 15 is 0 Å². The zero-order valence-corrected chi connectivity index (χ0v) is 10.7. The van der Waals surface area contributed by atoms with Gasteiger partial charge in [-0.05, 0) is 31.5 Å². The summed E-state index contributed by atoms with van der Waals surface area (Å²) in [7, 11) is 0. The number of piperidine rings is 1. The van der Waals surface area contributed by atoms with Gasteiger partial charge in [0, 0.05) is 18.2 Å². The van der Waals surface area contributed by atoms with Crippen LogP contribution in [0.25, 0.3) is 0 Å². The minimum atomic E-state index is 0.343. The third kappa shape index (κ3) is 2.31. The fraction of sp³-hybridized carbons (Fsp3) is 0.571. The van der Waals surface area contributed by atoms with Gasteiger partial charge in [0.15, 0.2) is 11.5 Å². The number of hydrogen-bond acceptors (Lipinski definition) is 4. The van der Waals surface area contributed by atoms with Crippen molar-refractivity contribution in [2.75, 3.05) is 19.9 Å². The van der Waals surface area contributed by atoms with Crippen molar-refractivity contribution < 1.29 is 9.47 Å². The van der Waals surface area contributed by atoms with Gasteiger partial charge in [-0.25, -0.2) is 0 Å². The number of para-hydroxylation sites is 1. The zero-order chi connectivity index (χ0) is 12.4. The maximum Gasteiger partial charge on any atom is 0.231 e. The second-order valence-corrected chi connectivity index (χ2v) is 5.11. The lowest BCUT2D eigenvalue weighted by molar-refractivity contribution is 0.173. The van der Waals surface area contributed by atoms with E-state index in [-0.39, 0.29) is 0 Å². The number of fused-ring (bicyclic) bond motifs is 1. The minimum absolute atomic E-state index is 0.343. The SMILES string of the molecule is CC1CNCCC1NCc1cccc2c1OCO2. The Morgan fingerprint density at radius 1 is 1.39 bits per heavy atom. The Morgan fingerprint density at radius 2 is 2.33 bits per heavy atom. The molecule has 0 amide bonds. The van der Waals surface area contributed by atoms with Crippen molar-refractivity contribution in [1.82, 2.24) is 10.6 Å². The molecule has 4 nitrogen and oxygen atoms in total. The first kappa shape index (κ1) is 11.8. The molecule has 2 unspecified atom stereocenters. The van der Waals surface area contributed by atoms with Crippen molar-refractivity contribution in [1.29, 1.82) is 0 Å². The van der Waals surface area contributed by atoms with Crippen LogP contribution in [-0.2, 0) is 6.54 Å². The highest BCUT2D eigenvalue weighted by molar-refractivity contribution is 5.48. The molecule has 18 heavy (non-hydrogen) atoms. The summed E-state index contributed by atoms with van der Waals surface area (Å²) in [6.45, 7) is 5.69. The number of ether oxygens (including phenoxy) is 2. The van der Waals surface area contributed by atoms with Crippen LogP contribution in [0.2, 0.25) is 0 Å². The molecule has 0 aromatic heterocycles. The van der Waals surface area contributed by atoms with Crippen LogP contribution in [0, 0.1) is 5.92 Å². The van der Waals surface area contributed by atoms with E-state index in [0.29, 0.717) is 18.8 Å². The molecular formula is C14H20N2O2. The van der Waals surface area contributed by atoms with Crippen LogP contribution in [0.15, 0.2) is 18.2 Å². The molecule has 0 radical (unpaired) electrons. The Hall–Kier alpha value is -1.26. The van der Waals surface area contributed by atoms with E-state index < -0.39 is 0 Å². The van der Waals surface area contributed by atoms with E-state index in [0.717, 1.165) is 31.1 Å². The Kier molecular flexibility index (Phi) is 3.39. The summed E-state index contributed by atoms with van der Waals surface area (Å²) in [4.78, 5) is 0. The highest BCUT2D eigenvalue weighted by Crippen LogP contribution is 2.35. The van der Waals surface area contributed by atoms with Gasteiger partial charge in [-0.2, -0.15) is 0 Å². The molecule has 2 N–H and O–H groups in total. The molecule has 1 aromatic rings.